The highest BCUT2D eigenvalue weighted by atomic mass is 32.1. The van der Waals surface area contributed by atoms with Crippen LogP contribution in [-0.2, 0) is 9.47 Å². The van der Waals surface area contributed by atoms with Gasteiger partial charge in [0.05, 0.1) is 13.1 Å². The van der Waals surface area contributed by atoms with E-state index in [2.05, 4.69) is 9.47 Å². The second kappa shape index (κ2) is 4.36. The highest BCUT2D eigenvalue weighted by Crippen LogP contribution is 2.25. The SMILES string of the molecule is [2H]C([2H])([2H])OC(OC([2H])([2H])[2H])c1ccc(C(=O)O)s1. The quantitative estimate of drug-likeness (QED) is 0.766. The van der Waals surface area contributed by atoms with Gasteiger partial charge in [0.25, 0.3) is 0 Å². The number of hydrogen-bond acceptors (Lipinski definition) is 4. The third kappa shape index (κ3) is 2.27. The molecule has 0 aliphatic rings. The Morgan fingerprint density at radius 2 is 2.31 bits per heavy atom. The molecule has 0 spiro atoms. The molecule has 0 atom stereocenters. The van der Waals surface area contributed by atoms with Crippen molar-refractivity contribution < 1.29 is 27.6 Å². The molecule has 4 nitrogen and oxygen atoms in total. The van der Waals surface area contributed by atoms with Gasteiger partial charge in [-0.25, -0.2) is 4.79 Å². The molecule has 1 heterocycles. The molecule has 5 heteroatoms. The minimum atomic E-state index is -2.87. The maximum atomic E-state index is 10.7. The summed E-state index contributed by atoms with van der Waals surface area (Å²) < 4.78 is 50.7. The lowest BCUT2D eigenvalue weighted by molar-refractivity contribution is -0.103. The van der Waals surface area contributed by atoms with E-state index >= 15 is 0 Å². The van der Waals surface area contributed by atoms with Gasteiger partial charge in [-0.1, -0.05) is 0 Å². The van der Waals surface area contributed by atoms with Crippen LogP contribution in [0.5, 0.6) is 0 Å². The fourth-order valence-electron chi connectivity index (χ4n) is 0.735. The minimum absolute atomic E-state index is 0.0460. The van der Waals surface area contributed by atoms with Crippen LogP contribution in [0.25, 0.3) is 0 Å². The van der Waals surface area contributed by atoms with Crippen LogP contribution >= 0.6 is 11.3 Å². The van der Waals surface area contributed by atoms with Crippen molar-refractivity contribution in [3.8, 4) is 0 Å². The van der Waals surface area contributed by atoms with E-state index in [1.54, 1.807) is 0 Å². The van der Waals surface area contributed by atoms with Crippen LogP contribution in [0.4, 0.5) is 0 Å². The summed E-state index contributed by atoms with van der Waals surface area (Å²) in [7, 11) is -5.74. The molecule has 0 fully saturated rings. The molecule has 0 radical (unpaired) electrons. The fraction of sp³-hybridized carbons (Fsp3) is 0.375. The van der Waals surface area contributed by atoms with Crippen molar-refractivity contribution in [1.29, 1.82) is 0 Å². The summed E-state index contributed by atoms with van der Waals surface area (Å²) in [6, 6.07) is 2.46. The number of hydrogen-bond donors (Lipinski definition) is 1. The molecule has 1 aromatic rings. The Balaban J connectivity index is 2.97. The molecule has 0 aliphatic carbocycles. The van der Waals surface area contributed by atoms with Gasteiger partial charge in [-0.3, -0.25) is 0 Å². The van der Waals surface area contributed by atoms with Crippen molar-refractivity contribution in [2.24, 2.45) is 0 Å². The number of aromatic carboxylic acids is 1. The van der Waals surface area contributed by atoms with E-state index in [0.717, 1.165) is 0 Å². The van der Waals surface area contributed by atoms with Gasteiger partial charge in [-0.05, 0) is 12.1 Å². The Morgan fingerprint density at radius 3 is 2.77 bits per heavy atom. The Bertz CT molecular complexity index is 435. The van der Waals surface area contributed by atoms with E-state index in [4.69, 9.17) is 13.3 Å². The second-order valence-electron chi connectivity index (χ2n) is 2.07. The molecule has 1 aromatic heterocycles. The smallest absolute Gasteiger partial charge is 0.345 e. The van der Waals surface area contributed by atoms with Gasteiger partial charge in [0.2, 0.25) is 0 Å². The molecule has 0 bridgehead atoms. The zero-order valence-electron chi connectivity index (χ0n) is 12.3. The lowest BCUT2D eigenvalue weighted by Crippen LogP contribution is -2.00. The number of carbonyl (C=O) groups is 1. The molecule has 1 N–H and O–H groups in total. The van der Waals surface area contributed by atoms with E-state index < -0.39 is 26.3 Å². The lowest BCUT2D eigenvalue weighted by atomic mass is 10.4. The molecular formula is C8H10O4S. The van der Waals surface area contributed by atoms with Crippen LogP contribution in [0.1, 0.15) is 29.1 Å². The molecule has 72 valence electrons. The monoisotopic (exact) mass is 208 g/mol. The average Bonchev–Trinajstić information content (AvgIpc) is 2.59. The van der Waals surface area contributed by atoms with Crippen LogP contribution in [0, 0.1) is 0 Å². The summed E-state index contributed by atoms with van der Waals surface area (Å²) >= 11 is 0.681. The molecule has 0 aromatic carbocycles. The Kier molecular flexibility index (Phi) is 1.52. The van der Waals surface area contributed by atoms with Crippen LogP contribution in [0.2, 0.25) is 0 Å². The lowest BCUT2D eigenvalue weighted by Gasteiger charge is -2.09. The zero-order valence-corrected chi connectivity index (χ0v) is 7.13. The summed E-state index contributed by atoms with van der Waals surface area (Å²) in [5, 5.41) is 8.75. The van der Waals surface area contributed by atoms with Crippen molar-refractivity contribution in [1.82, 2.24) is 0 Å². The highest BCUT2D eigenvalue weighted by molar-refractivity contribution is 7.14. The number of carboxylic acids is 1. The van der Waals surface area contributed by atoms with Gasteiger partial charge >= 0.3 is 5.97 Å². The van der Waals surface area contributed by atoms with Gasteiger partial charge < -0.3 is 14.6 Å². The van der Waals surface area contributed by atoms with E-state index in [-0.39, 0.29) is 9.75 Å². The van der Waals surface area contributed by atoms with Gasteiger partial charge in [-0.2, -0.15) is 0 Å². The number of methoxy groups -OCH3 is 2. The van der Waals surface area contributed by atoms with Crippen molar-refractivity contribution in [3.63, 3.8) is 0 Å². The summed E-state index contributed by atoms with van der Waals surface area (Å²) in [5.74, 6) is -1.21. The summed E-state index contributed by atoms with van der Waals surface area (Å²) in [6.07, 6.45) is -1.68. The minimum Gasteiger partial charge on any atom is -0.477 e. The average molecular weight is 208 g/mol. The normalized spacial score (nSPS) is 19.5. The van der Waals surface area contributed by atoms with Crippen LogP contribution in [-0.4, -0.2) is 25.2 Å². The van der Waals surface area contributed by atoms with Crippen molar-refractivity contribution in [2.45, 2.75) is 6.29 Å². The van der Waals surface area contributed by atoms with Crippen LogP contribution in [0.3, 0.4) is 0 Å². The van der Waals surface area contributed by atoms with Crippen molar-refractivity contribution in [3.05, 3.63) is 21.9 Å². The first-order valence-corrected chi connectivity index (χ1v) is 3.98. The van der Waals surface area contributed by atoms with E-state index in [1.807, 2.05) is 0 Å². The Hall–Kier alpha value is -0.910. The third-order valence-electron chi connectivity index (χ3n) is 1.28. The molecule has 0 amide bonds. The van der Waals surface area contributed by atoms with Gasteiger partial charge in [-0.15, -0.1) is 11.3 Å². The van der Waals surface area contributed by atoms with E-state index in [0.29, 0.717) is 11.3 Å². The molecule has 0 unspecified atom stereocenters. The van der Waals surface area contributed by atoms with Gasteiger partial charge in [0.15, 0.2) is 6.29 Å². The van der Waals surface area contributed by atoms with Crippen molar-refractivity contribution in [2.75, 3.05) is 14.1 Å². The fourth-order valence-corrected chi connectivity index (χ4v) is 1.54. The van der Waals surface area contributed by atoms with E-state index in [1.165, 1.54) is 12.1 Å². The topological polar surface area (TPSA) is 55.8 Å². The first-order chi connectivity index (χ1) is 8.48. The molecule has 13 heavy (non-hydrogen) atoms. The molecular weight excluding hydrogens is 192 g/mol. The molecule has 0 saturated heterocycles. The van der Waals surface area contributed by atoms with Gasteiger partial charge in [0, 0.05) is 14.1 Å². The first kappa shape index (κ1) is 4.54. The zero-order chi connectivity index (χ0) is 14.8. The number of ether oxygens (including phenoxy) is 2. The molecule has 0 saturated carbocycles. The van der Waals surface area contributed by atoms with Crippen LogP contribution in [0.15, 0.2) is 12.1 Å². The van der Waals surface area contributed by atoms with E-state index in [9.17, 15) is 4.79 Å². The predicted octanol–water partition coefficient (Wildman–Crippen LogP) is 1.74. The van der Waals surface area contributed by atoms with Crippen LogP contribution < -0.4 is 0 Å². The highest BCUT2D eigenvalue weighted by Gasteiger charge is 2.14. The molecule has 1 rings (SSSR count). The van der Waals surface area contributed by atoms with Gasteiger partial charge in [0.1, 0.15) is 4.88 Å². The number of rotatable bonds is 4. The largest absolute Gasteiger partial charge is 0.477 e. The Labute approximate surface area is 88.1 Å². The predicted molar refractivity (Wildman–Crippen MR) is 48.0 cm³/mol. The Morgan fingerprint density at radius 1 is 1.62 bits per heavy atom. The van der Waals surface area contributed by atoms with Crippen molar-refractivity contribution >= 4 is 17.3 Å². The first-order valence-electron chi connectivity index (χ1n) is 6.16. The number of carboxylic acid groups (broad SMARTS) is 1. The third-order valence-corrected chi connectivity index (χ3v) is 2.38. The standard InChI is InChI=1S/C8H10O4S/c1-11-8(12-2)6-4-3-5(13-6)7(9)10/h3-4,8H,1-2H3,(H,9,10)/i1D3,2D3. The molecule has 0 aliphatic heterocycles. The maximum absolute atomic E-state index is 10.7. The maximum Gasteiger partial charge on any atom is 0.345 e. The summed E-state index contributed by atoms with van der Waals surface area (Å²) in [5.41, 5.74) is 0. The number of thiophene rings is 1. The second-order valence-corrected chi connectivity index (χ2v) is 3.19. The summed E-state index contributed by atoms with van der Waals surface area (Å²) in [6.45, 7) is 0. The summed E-state index contributed by atoms with van der Waals surface area (Å²) in [4.78, 5) is 10.7.